The quantitative estimate of drug-likeness (QED) is 0.474. The van der Waals surface area contributed by atoms with Crippen molar-refractivity contribution in [3.05, 3.63) is 30.3 Å². The van der Waals surface area contributed by atoms with Gasteiger partial charge in [-0.25, -0.2) is 0 Å². The molecular formula is C30H45NO4. The van der Waals surface area contributed by atoms with Crippen molar-refractivity contribution in [1.82, 2.24) is 0 Å². The first-order valence-electron chi connectivity index (χ1n) is 14.0. The molecule has 5 rings (SSSR count). The number of nitrogens with one attached hydrogen (secondary N) is 1. The van der Waals surface area contributed by atoms with E-state index in [1.54, 1.807) is 0 Å². The maximum absolute atomic E-state index is 12.6. The van der Waals surface area contributed by atoms with Gasteiger partial charge in [-0.05, 0) is 110 Å². The first kappa shape index (κ1) is 25.2. The fourth-order valence-corrected chi connectivity index (χ4v) is 9.44. The number of benzene rings is 1. The minimum absolute atomic E-state index is 0.0492. The van der Waals surface area contributed by atoms with E-state index in [2.05, 4.69) is 26.1 Å². The van der Waals surface area contributed by atoms with E-state index < -0.39 is 0 Å². The van der Waals surface area contributed by atoms with Gasteiger partial charge in [0.2, 0.25) is 5.91 Å². The van der Waals surface area contributed by atoms with Gasteiger partial charge < -0.3 is 20.6 Å². The van der Waals surface area contributed by atoms with E-state index in [4.69, 9.17) is 0 Å². The summed E-state index contributed by atoms with van der Waals surface area (Å²) in [7, 11) is 0. The average molecular weight is 484 g/mol. The van der Waals surface area contributed by atoms with Crippen molar-refractivity contribution in [2.45, 2.75) is 96.9 Å². The number of fused-ring (bicyclic) bond motifs is 5. The molecule has 1 aromatic carbocycles. The molecule has 4 N–H and O–H groups in total. The molecule has 0 radical (unpaired) electrons. The molecule has 11 atom stereocenters. The van der Waals surface area contributed by atoms with Crippen LogP contribution in [0.15, 0.2) is 30.3 Å². The van der Waals surface area contributed by atoms with Gasteiger partial charge in [0, 0.05) is 12.1 Å². The van der Waals surface area contributed by atoms with Crippen LogP contribution in [-0.4, -0.2) is 39.5 Å². The second-order valence-electron chi connectivity index (χ2n) is 13.0. The Morgan fingerprint density at radius 1 is 1.03 bits per heavy atom. The van der Waals surface area contributed by atoms with Gasteiger partial charge in [-0.1, -0.05) is 39.0 Å². The van der Waals surface area contributed by atoms with Crippen LogP contribution in [0.2, 0.25) is 0 Å². The summed E-state index contributed by atoms with van der Waals surface area (Å²) in [6.45, 7) is 6.91. The number of amides is 1. The van der Waals surface area contributed by atoms with Gasteiger partial charge in [-0.3, -0.25) is 4.79 Å². The molecule has 0 aliphatic heterocycles. The zero-order valence-corrected chi connectivity index (χ0v) is 21.7. The summed E-state index contributed by atoms with van der Waals surface area (Å²) in [6.07, 6.45) is 6.64. The summed E-state index contributed by atoms with van der Waals surface area (Å²) < 4.78 is 0. The monoisotopic (exact) mass is 483 g/mol. The fraction of sp³-hybridized carbons (Fsp3) is 0.767. The summed E-state index contributed by atoms with van der Waals surface area (Å²) in [6, 6.07) is 9.61. The number of carbonyl (C=O) groups excluding carboxylic acids is 1. The van der Waals surface area contributed by atoms with Gasteiger partial charge in [0.25, 0.3) is 0 Å². The minimum atomic E-state index is -0.378. The summed E-state index contributed by atoms with van der Waals surface area (Å²) in [4.78, 5) is 12.6. The van der Waals surface area contributed by atoms with Crippen molar-refractivity contribution in [3.63, 3.8) is 0 Å². The number of aliphatic hydroxyl groups is 3. The lowest BCUT2D eigenvalue weighted by molar-refractivity contribution is -0.207. The predicted octanol–water partition coefficient (Wildman–Crippen LogP) is 5.00. The van der Waals surface area contributed by atoms with E-state index in [1.165, 1.54) is 0 Å². The van der Waals surface area contributed by atoms with Gasteiger partial charge >= 0.3 is 0 Å². The third-order valence-corrected chi connectivity index (χ3v) is 11.4. The van der Waals surface area contributed by atoms with Crippen LogP contribution in [0.3, 0.4) is 0 Å². The largest absolute Gasteiger partial charge is 0.393 e. The molecule has 35 heavy (non-hydrogen) atoms. The molecule has 4 saturated carbocycles. The molecule has 4 unspecified atom stereocenters. The number of hydrogen-bond acceptors (Lipinski definition) is 4. The van der Waals surface area contributed by atoms with Crippen LogP contribution in [0.25, 0.3) is 0 Å². The van der Waals surface area contributed by atoms with E-state index in [1.807, 2.05) is 30.3 Å². The van der Waals surface area contributed by atoms with Crippen molar-refractivity contribution in [2.24, 2.45) is 46.3 Å². The molecule has 4 aliphatic carbocycles. The molecule has 1 amide bonds. The SMILES string of the molecule is C[C@H](CCC(=O)Nc1ccccc1)[C@H]1CCC2C3C(C[C@H](O)[C@@]21C)[C@@]1(C)CC[C@@H](O)CC1C[C@H]3O. The molecule has 0 aromatic heterocycles. The number of anilines is 1. The van der Waals surface area contributed by atoms with E-state index in [-0.39, 0.29) is 41.0 Å². The first-order valence-corrected chi connectivity index (χ1v) is 14.0. The Morgan fingerprint density at radius 2 is 1.77 bits per heavy atom. The molecular weight excluding hydrogens is 438 g/mol. The van der Waals surface area contributed by atoms with Crippen LogP contribution in [0.4, 0.5) is 5.69 Å². The Morgan fingerprint density at radius 3 is 2.51 bits per heavy atom. The lowest BCUT2D eigenvalue weighted by atomic mass is 9.43. The highest BCUT2D eigenvalue weighted by Crippen LogP contribution is 2.68. The standard InChI is InChI=1S/C30H45NO4/c1-18(9-12-27(35)31-20-7-5-4-6-8-20)22-10-11-23-28-24(17-26(34)30(22,23)3)29(2)14-13-21(32)15-19(29)16-25(28)33/h4-8,18-19,21-26,28,32-34H,9-17H2,1-3H3,(H,31,35)/t18-,19?,21-,22-,23?,24?,25-,26+,28?,29+,30-/m1/s1. The van der Waals surface area contributed by atoms with E-state index in [0.29, 0.717) is 36.0 Å². The molecule has 194 valence electrons. The molecule has 4 fully saturated rings. The molecule has 0 spiro atoms. The summed E-state index contributed by atoms with van der Waals surface area (Å²) in [5.41, 5.74) is 0.722. The lowest BCUT2D eigenvalue weighted by Gasteiger charge is -2.63. The first-order chi connectivity index (χ1) is 16.6. The maximum atomic E-state index is 12.6. The Hall–Kier alpha value is -1.43. The van der Waals surface area contributed by atoms with Crippen molar-refractivity contribution in [1.29, 1.82) is 0 Å². The van der Waals surface area contributed by atoms with Crippen LogP contribution >= 0.6 is 0 Å². The van der Waals surface area contributed by atoms with Crippen molar-refractivity contribution < 1.29 is 20.1 Å². The molecule has 5 nitrogen and oxygen atoms in total. The highest BCUT2D eigenvalue weighted by molar-refractivity contribution is 5.90. The zero-order chi connectivity index (χ0) is 25.0. The Balaban J connectivity index is 1.29. The number of hydrogen-bond donors (Lipinski definition) is 4. The van der Waals surface area contributed by atoms with Crippen LogP contribution in [0, 0.1) is 46.3 Å². The second kappa shape index (κ2) is 9.46. The Kier molecular flexibility index (Phi) is 6.82. The van der Waals surface area contributed by atoms with Crippen LogP contribution < -0.4 is 5.32 Å². The van der Waals surface area contributed by atoms with E-state index in [9.17, 15) is 20.1 Å². The van der Waals surface area contributed by atoms with Crippen molar-refractivity contribution >= 4 is 11.6 Å². The van der Waals surface area contributed by atoms with Crippen molar-refractivity contribution in [3.8, 4) is 0 Å². The third-order valence-electron chi connectivity index (χ3n) is 11.4. The molecule has 0 heterocycles. The molecule has 1 aromatic rings. The summed E-state index contributed by atoms with van der Waals surface area (Å²) >= 11 is 0. The minimum Gasteiger partial charge on any atom is -0.393 e. The van der Waals surface area contributed by atoms with Crippen LogP contribution in [-0.2, 0) is 4.79 Å². The topological polar surface area (TPSA) is 89.8 Å². The number of rotatable bonds is 5. The highest BCUT2D eigenvalue weighted by Gasteiger charge is 2.65. The molecule has 4 aliphatic rings. The fourth-order valence-electron chi connectivity index (χ4n) is 9.44. The van der Waals surface area contributed by atoms with Gasteiger partial charge in [-0.2, -0.15) is 0 Å². The lowest BCUT2D eigenvalue weighted by Crippen LogP contribution is -2.62. The summed E-state index contributed by atoms with van der Waals surface area (Å²) in [5.74, 6) is 1.97. The number of carbonyl (C=O) groups is 1. The molecule has 0 bridgehead atoms. The Labute approximate surface area is 210 Å². The van der Waals surface area contributed by atoms with E-state index in [0.717, 1.165) is 57.1 Å². The normalized spacial score (nSPS) is 45.7. The van der Waals surface area contributed by atoms with Gasteiger partial charge in [0.15, 0.2) is 0 Å². The van der Waals surface area contributed by atoms with Gasteiger partial charge in [0.1, 0.15) is 0 Å². The van der Waals surface area contributed by atoms with Crippen molar-refractivity contribution in [2.75, 3.05) is 5.32 Å². The number of para-hydroxylation sites is 1. The van der Waals surface area contributed by atoms with Crippen LogP contribution in [0.1, 0.15) is 78.6 Å². The van der Waals surface area contributed by atoms with Crippen LogP contribution in [0.5, 0.6) is 0 Å². The zero-order valence-electron chi connectivity index (χ0n) is 21.7. The number of aliphatic hydroxyl groups excluding tert-OH is 3. The smallest absolute Gasteiger partial charge is 0.224 e. The Bertz CT molecular complexity index is 907. The summed E-state index contributed by atoms with van der Waals surface area (Å²) in [5, 5.41) is 36.4. The highest BCUT2D eigenvalue weighted by atomic mass is 16.3. The molecule has 0 saturated heterocycles. The predicted molar refractivity (Wildman–Crippen MR) is 137 cm³/mol. The van der Waals surface area contributed by atoms with Gasteiger partial charge in [-0.15, -0.1) is 0 Å². The van der Waals surface area contributed by atoms with Gasteiger partial charge in [0.05, 0.1) is 18.3 Å². The van der Waals surface area contributed by atoms with E-state index >= 15 is 0 Å². The maximum Gasteiger partial charge on any atom is 0.224 e. The molecule has 5 heteroatoms. The average Bonchev–Trinajstić information content (AvgIpc) is 3.18. The second-order valence-corrected chi connectivity index (χ2v) is 13.0. The third kappa shape index (κ3) is 4.26.